The van der Waals surface area contributed by atoms with Gasteiger partial charge in [-0.15, -0.1) is 15.7 Å². The van der Waals surface area contributed by atoms with E-state index in [0.717, 1.165) is 28.2 Å². The van der Waals surface area contributed by atoms with Crippen molar-refractivity contribution in [3.05, 3.63) is 50.6 Å². The second kappa shape index (κ2) is 5.87. The number of sulfonamides is 1. The number of hydrogen-bond acceptors (Lipinski definition) is 6. The Balaban J connectivity index is 2.25. The SMILES string of the molecule is CCn1c(=NS(=O)(=O)c2cccs2)sc2cc([N+](=O)[O-])ccc21. The number of benzene rings is 1. The topological polar surface area (TPSA) is 94.6 Å². The quantitative estimate of drug-likeness (QED) is 0.522. The Kier molecular flexibility index (Phi) is 4.04. The second-order valence-corrected chi connectivity index (χ2v) is 8.32. The summed E-state index contributed by atoms with van der Waals surface area (Å²) in [6, 6.07) is 7.60. The van der Waals surface area contributed by atoms with Gasteiger partial charge in [0.2, 0.25) is 4.80 Å². The summed E-state index contributed by atoms with van der Waals surface area (Å²) in [5.74, 6) is 0. The van der Waals surface area contributed by atoms with Crippen LogP contribution in [0.5, 0.6) is 0 Å². The number of thiazole rings is 1. The van der Waals surface area contributed by atoms with Crippen molar-refractivity contribution < 1.29 is 13.3 Å². The third-order valence-corrected chi connectivity index (χ3v) is 6.94. The maximum atomic E-state index is 12.3. The van der Waals surface area contributed by atoms with Gasteiger partial charge >= 0.3 is 0 Å². The zero-order chi connectivity index (χ0) is 16.6. The summed E-state index contributed by atoms with van der Waals surface area (Å²) in [7, 11) is -3.78. The molecule has 3 rings (SSSR count). The van der Waals surface area contributed by atoms with Crippen LogP contribution in [0, 0.1) is 10.1 Å². The molecule has 0 amide bonds. The summed E-state index contributed by atoms with van der Waals surface area (Å²) in [6.45, 7) is 2.38. The summed E-state index contributed by atoms with van der Waals surface area (Å²) < 4.78 is 31.1. The summed E-state index contributed by atoms with van der Waals surface area (Å²) >= 11 is 2.22. The van der Waals surface area contributed by atoms with Crippen LogP contribution in [0.3, 0.4) is 0 Å². The molecule has 0 aliphatic heterocycles. The van der Waals surface area contributed by atoms with E-state index in [2.05, 4.69) is 4.40 Å². The van der Waals surface area contributed by atoms with Gasteiger partial charge in [0.15, 0.2) is 0 Å². The van der Waals surface area contributed by atoms with E-state index in [9.17, 15) is 18.5 Å². The number of nitrogens with zero attached hydrogens (tertiary/aromatic N) is 3. The van der Waals surface area contributed by atoms with Crippen LogP contribution >= 0.6 is 22.7 Å². The first kappa shape index (κ1) is 15.8. The lowest BCUT2D eigenvalue weighted by Crippen LogP contribution is -2.15. The van der Waals surface area contributed by atoms with Gasteiger partial charge in [-0.25, -0.2) is 0 Å². The van der Waals surface area contributed by atoms with Crippen LogP contribution in [0.1, 0.15) is 6.92 Å². The molecule has 120 valence electrons. The van der Waals surface area contributed by atoms with Gasteiger partial charge < -0.3 is 4.57 Å². The Morgan fingerprint density at radius 2 is 2.13 bits per heavy atom. The molecule has 0 unspecified atom stereocenters. The average molecular weight is 369 g/mol. The lowest BCUT2D eigenvalue weighted by atomic mass is 10.3. The van der Waals surface area contributed by atoms with Gasteiger partial charge in [0.05, 0.1) is 15.1 Å². The molecule has 10 heteroatoms. The fourth-order valence-corrected chi connectivity index (χ4v) is 5.41. The third-order valence-electron chi connectivity index (χ3n) is 3.14. The van der Waals surface area contributed by atoms with Crippen molar-refractivity contribution in [1.82, 2.24) is 4.57 Å². The zero-order valence-corrected chi connectivity index (χ0v) is 14.3. The standard InChI is InChI=1S/C13H11N3O4S3/c1-2-15-10-6-5-9(16(17)18)8-11(10)22-13(15)14-23(19,20)12-4-3-7-21-12/h3-8H,2H2,1H3. The lowest BCUT2D eigenvalue weighted by Gasteiger charge is -2.00. The largest absolute Gasteiger partial charge is 0.316 e. The van der Waals surface area contributed by atoms with E-state index < -0.39 is 14.9 Å². The van der Waals surface area contributed by atoms with Crippen LogP contribution in [-0.2, 0) is 16.6 Å². The summed E-state index contributed by atoms with van der Waals surface area (Å²) in [6.07, 6.45) is 0. The van der Waals surface area contributed by atoms with Crippen molar-refractivity contribution >= 4 is 48.6 Å². The first-order chi connectivity index (χ1) is 10.9. The molecule has 2 aromatic heterocycles. The van der Waals surface area contributed by atoms with E-state index in [4.69, 9.17) is 0 Å². The van der Waals surface area contributed by atoms with Crippen LogP contribution in [-0.4, -0.2) is 17.9 Å². The van der Waals surface area contributed by atoms with Crippen LogP contribution in [0.15, 0.2) is 44.3 Å². The fourth-order valence-electron chi connectivity index (χ4n) is 2.11. The number of rotatable bonds is 4. The molecule has 0 N–H and O–H groups in total. The molecule has 0 aliphatic rings. The first-order valence-electron chi connectivity index (χ1n) is 6.54. The molecule has 2 heterocycles. The molecular formula is C13H11N3O4S3. The number of aryl methyl sites for hydroxylation is 1. The Labute approximate surface area is 139 Å². The van der Waals surface area contributed by atoms with Crippen LogP contribution in [0.25, 0.3) is 10.2 Å². The number of nitro benzene ring substituents is 1. The van der Waals surface area contributed by atoms with Gasteiger partial charge in [0, 0.05) is 18.7 Å². The van der Waals surface area contributed by atoms with Crippen molar-refractivity contribution in [3.63, 3.8) is 0 Å². The fraction of sp³-hybridized carbons (Fsp3) is 0.154. The lowest BCUT2D eigenvalue weighted by molar-refractivity contribution is -0.384. The maximum absolute atomic E-state index is 12.3. The Hall–Kier alpha value is -2.04. The summed E-state index contributed by atoms with van der Waals surface area (Å²) in [4.78, 5) is 10.7. The number of non-ortho nitro benzene ring substituents is 1. The van der Waals surface area contributed by atoms with E-state index in [1.54, 1.807) is 22.1 Å². The summed E-state index contributed by atoms with van der Waals surface area (Å²) in [5, 5.41) is 12.5. The highest BCUT2D eigenvalue weighted by Gasteiger charge is 2.16. The Bertz CT molecular complexity index is 1050. The van der Waals surface area contributed by atoms with Crippen LogP contribution in [0.2, 0.25) is 0 Å². The van der Waals surface area contributed by atoms with Crippen molar-refractivity contribution in [3.8, 4) is 0 Å². The van der Waals surface area contributed by atoms with Crippen LogP contribution in [0.4, 0.5) is 5.69 Å². The highest BCUT2D eigenvalue weighted by Crippen LogP contribution is 2.24. The number of hydrogen-bond donors (Lipinski definition) is 0. The van der Waals surface area contributed by atoms with Crippen molar-refractivity contribution in [2.75, 3.05) is 0 Å². The normalized spacial score (nSPS) is 12.8. The molecule has 0 aliphatic carbocycles. The van der Waals surface area contributed by atoms with Crippen LogP contribution < -0.4 is 4.80 Å². The molecule has 0 radical (unpaired) electrons. The molecule has 3 aromatic rings. The van der Waals surface area contributed by atoms with Gasteiger partial charge in [-0.05, 0) is 24.4 Å². The minimum atomic E-state index is -3.78. The predicted octanol–water partition coefficient (Wildman–Crippen LogP) is 2.98. The predicted molar refractivity (Wildman–Crippen MR) is 89.2 cm³/mol. The highest BCUT2D eigenvalue weighted by molar-refractivity contribution is 7.92. The molecule has 0 saturated carbocycles. The average Bonchev–Trinajstić information content (AvgIpc) is 3.13. The van der Waals surface area contributed by atoms with E-state index in [1.807, 2.05) is 6.92 Å². The molecular weight excluding hydrogens is 358 g/mol. The number of thiophene rings is 1. The van der Waals surface area contributed by atoms with Gasteiger partial charge in [-0.3, -0.25) is 10.1 Å². The molecule has 0 bridgehead atoms. The maximum Gasteiger partial charge on any atom is 0.294 e. The van der Waals surface area contributed by atoms with Gasteiger partial charge in [0.1, 0.15) is 4.21 Å². The van der Waals surface area contributed by atoms with E-state index in [-0.39, 0.29) is 9.90 Å². The van der Waals surface area contributed by atoms with Crippen molar-refractivity contribution in [2.24, 2.45) is 4.40 Å². The van der Waals surface area contributed by atoms with Gasteiger partial charge in [0.25, 0.3) is 15.7 Å². The molecule has 0 saturated heterocycles. The Morgan fingerprint density at radius 1 is 1.35 bits per heavy atom. The number of fused-ring (bicyclic) bond motifs is 1. The second-order valence-electron chi connectivity index (χ2n) is 4.54. The first-order valence-corrected chi connectivity index (χ1v) is 9.68. The number of aromatic nitrogens is 1. The van der Waals surface area contributed by atoms with Gasteiger partial charge in [-0.2, -0.15) is 8.42 Å². The smallest absolute Gasteiger partial charge is 0.294 e. The van der Waals surface area contributed by atoms with Crippen molar-refractivity contribution in [2.45, 2.75) is 17.7 Å². The molecule has 0 spiro atoms. The minimum absolute atomic E-state index is 0.0327. The summed E-state index contributed by atoms with van der Waals surface area (Å²) in [5.41, 5.74) is 0.692. The monoisotopic (exact) mass is 369 g/mol. The zero-order valence-electron chi connectivity index (χ0n) is 11.9. The number of nitro groups is 1. The van der Waals surface area contributed by atoms with Gasteiger partial charge in [-0.1, -0.05) is 17.4 Å². The minimum Gasteiger partial charge on any atom is -0.316 e. The molecule has 7 nitrogen and oxygen atoms in total. The van der Waals surface area contributed by atoms with E-state index >= 15 is 0 Å². The van der Waals surface area contributed by atoms with E-state index in [0.29, 0.717) is 16.0 Å². The Morgan fingerprint density at radius 3 is 2.74 bits per heavy atom. The van der Waals surface area contributed by atoms with Crippen molar-refractivity contribution in [1.29, 1.82) is 0 Å². The molecule has 0 atom stereocenters. The molecule has 23 heavy (non-hydrogen) atoms. The molecule has 0 fully saturated rings. The highest BCUT2D eigenvalue weighted by atomic mass is 32.2. The third kappa shape index (κ3) is 2.92. The molecule has 1 aromatic carbocycles. The van der Waals surface area contributed by atoms with E-state index in [1.165, 1.54) is 18.2 Å².